The molecule has 1 aliphatic carbocycles. The van der Waals surface area contributed by atoms with Crippen molar-refractivity contribution in [2.75, 3.05) is 14.2 Å². The summed E-state index contributed by atoms with van der Waals surface area (Å²) in [6.07, 6.45) is 0.461. The molecule has 0 N–H and O–H groups in total. The molecule has 0 saturated heterocycles. The number of halogens is 2. The molecule has 0 amide bonds. The van der Waals surface area contributed by atoms with E-state index in [0.29, 0.717) is 6.42 Å². The predicted octanol–water partition coefficient (Wildman–Crippen LogP) is 2.42. The van der Waals surface area contributed by atoms with E-state index in [2.05, 4.69) is 0 Å². The maximum absolute atomic E-state index is 14.0. The minimum atomic E-state index is -1.05. The molecule has 0 aliphatic heterocycles. The summed E-state index contributed by atoms with van der Waals surface area (Å²) in [4.78, 5) is 11.8. The van der Waals surface area contributed by atoms with E-state index in [1.807, 2.05) is 0 Å². The molecule has 2 rings (SSSR count). The molecule has 98 valence electrons. The van der Waals surface area contributed by atoms with Gasteiger partial charge in [-0.15, -0.1) is 0 Å². The number of esters is 1. The topological polar surface area (TPSA) is 35.5 Å². The number of carbonyl (C=O) groups excluding carboxylic acids is 1. The summed E-state index contributed by atoms with van der Waals surface area (Å²) in [7, 11) is 2.50. The average molecular weight is 256 g/mol. The lowest BCUT2D eigenvalue weighted by Crippen LogP contribution is -2.25. The average Bonchev–Trinajstić information content (AvgIpc) is 3.03. The number of carbonyl (C=O) groups is 1. The SMILES string of the molecule is COC(=O)C1(c2cc(F)c(OC)cc2F)CC1C. The van der Waals surface area contributed by atoms with E-state index in [0.717, 1.165) is 12.1 Å². The molecule has 2 atom stereocenters. The Morgan fingerprint density at radius 1 is 1.33 bits per heavy atom. The van der Waals surface area contributed by atoms with Crippen molar-refractivity contribution in [3.63, 3.8) is 0 Å². The Kier molecular flexibility index (Phi) is 3.00. The van der Waals surface area contributed by atoms with Gasteiger partial charge in [0.05, 0.1) is 19.6 Å². The van der Waals surface area contributed by atoms with Gasteiger partial charge >= 0.3 is 5.97 Å². The van der Waals surface area contributed by atoms with E-state index in [-0.39, 0.29) is 17.2 Å². The summed E-state index contributed by atoms with van der Waals surface area (Å²) >= 11 is 0. The minimum absolute atomic E-state index is 0.0418. The van der Waals surface area contributed by atoms with Crippen LogP contribution < -0.4 is 4.74 Å². The Balaban J connectivity index is 2.51. The van der Waals surface area contributed by atoms with Crippen molar-refractivity contribution in [1.82, 2.24) is 0 Å². The standard InChI is InChI=1S/C13H14F2O3/c1-7-6-13(7,12(16)18-3)8-4-10(15)11(17-2)5-9(8)14/h4-5,7H,6H2,1-3H3. The second-order valence-electron chi connectivity index (χ2n) is 4.53. The molecule has 0 radical (unpaired) electrons. The maximum Gasteiger partial charge on any atom is 0.316 e. The summed E-state index contributed by atoms with van der Waals surface area (Å²) < 4.78 is 37.0. The number of methoxy groups -OCH3 is 2. The molecule has 1 aromatic carbocycles. The zero-order valence-corrected chi connectivity index (χ0v) is 10.4. The second-order valence-corrected chi connectivity index (χ2v) is 4.53. The molecule has 5 heteroatoms. The molecular weight excluding hydrogens is 242 g/mol. The van der Waals surface area contributed by atoms with Crippen LogP contribution >= 0.6 is 0 Å². The fraction of sp³-hybridized carbons (Fsp3) is 0.462. The highest BCUT2D eigenvalue weighted by Crippen LogP contribution is 2.55. The summed E-state index contributed by atoms with van der Waals surface area (Å²) in [5.41, 5.74) is -1.01. The van der Waals surface area contributed by atoms with E-state index in [1.165, 1.54) is 14.2 Å². The highest BCUT2D eigenvalue weighted by atomic mass is 19.1. The Labute approximate surface area is 104 Å². The fourth-order valence-corrected chi connectivity index (χ4v) is 2.40. The van der Waals surface area contributed by atoms with Gasteiger partial charge in [0.1, 0.15) is 5.82 Å². The Bertz CT molecular complexity index is 501. The Morgan fingerprint density at radius 2 is 1.94 bits per heavy atom. The summed E-state index contributed by atoms with van der Waals surface area (Å²) in [5.74, 6) is -2.10. The molecule has 0 bridgehead atoms. The van der Waals surface area contributed by atoms with Crippen LogP contribution in [0.15, 0.2) is 12.1 Å². The second kappa shape index (κ2) is 4.23. The van der Waals surface area contributed by atoms with Crippen molar-refractivity contribution in [2.24, 2.45) is 5.92 Å². The summed E-state index contributed by atoms with van der Waals surface area (Å²) in [5, 5.41) is 0. The van der Waals surface area contributed by atoms with Gasteiger partial charge in [-0.05, 0) is 18.4 Å². The molecule has 1 aromatic rings. The van der Waals surface area contributed by atoms with Crippen LogP contribution in [0.1, 0.15) is 18.9 Å². The quantitative estimate of drug-likeness (QED) is 0.779. The first-order valence-corrected chi connectivity index (χ1v) is 5.59. The molecule has 18 heavy (non-hydrogen) atoms. The maximum atomic E-state index is 14.0. The first kappa shape index (κ1) is 12.8. The number of rotatable bonds is 3. The fourth-order valence-electron chi connectivity index (χ4n) is 2.40. The Morgan fingerprint density at radius 3 is 2.39 bits per heavy atom. The molecule has 3 nitrogen and oxygen atoms in total. The van der Waals surface area contributed by atoms with Crippen LogP contribution in [0.3, 0.4) is 0 Å². The van der Waals surface area contributed by atoms with E-state index < -0.39 is 23.0 Å². The van der Waals surface area contributed by atoms with Crippen LogP contribution in [0.4, 0.5) is 8.78 Å². The lowest BCUT2D eigenvalue weighted by Gasteiger charge is -2.16. The van der Waals surface area contributed by atoms with Gasteiger partial charge in [0, 0.05) is 11.6 Å². The molecule has 2 unspecified atom stereocenters. The highest BCUT2D eigenvalue weighted by molar-refractivity contribution is 5.87. The summed E-state index contributed by atoms with van der Waals surface area (Å²) in [6, 6.07) is 1.98. The van der Waals surface area contributed by atoms with Gasteiger partial charge in [0.25, 0.3) is 0 Å². The van der Waals surface area contributed by atoms with E-state index in [1.54, 1.807) is 6.92 Å². The van der Waals surface area contributed by atoms with Crippen LogP contribution in [0.25, 0.3) is 0 Å². The van der Waals surface area contributed by atoms with Crippen molar-refractivity contribution in [2.45, 2.75) is 18.8 Å². The van der Waals surface area contributed by atoms with Gasteiger partial charge < -0.3 is 9.47 Å². The van der Waals surface area contributed by atoms with Crippen LogP contribution in [0.2, 0.25) is 0 Å². The molecule has 1 fully saturated rings. The lowest BCUT2D eigenvalue weighted by atomic mass is 9.92. The predicted molar refractivity (Wildman–Crippen MR) is 60.4 cm³/mol. The molecule has 1 saturated carbocycles. The van der Waals surface area contributed by atoms with Gasteiger partial charge in [-0.3, -0.25) is 4.79 Å². The van der Waals surface area contributed by atoms with E-state index in [9.17, 15) is 13.6 Å². The minimum Gasteiger partial charge on any atom is -0.494 e. The van der Waals surface area contributed by atoms with Gasteiger partial charge in [-0.2, -0.15) is 0 Å². The van der Waals surface area contributed by atoms with Crippen molar-refractivity contribution in [3.8, 4) is 5.75 Å². The smallest absolute Gasteiger partial charge is 0.316 e. The number of hydrogen-bond donors (Lipinski definition) is 0. The third-order valence-corrected chi connectivity index (χ3v) is 3.58. The first-order valence-electron chi connectivity index (χ1n) is 5.59. The van der Waals surface area contributed by atoms with Gasteiger partial charge in [0.15, 0.2) is 11.6 Å². The van der Waals surface area contributed by atoms with Crippen LogP contribution in [0.5, 0.6) is 5.75 Å². The van der Waals surface area contributed by atoms with E-state index >= 15 is 0 Å². The van der Waals surface area contributed by atoms with Gasteiger partial charge in [-0.25, -0.2) is 8.78 Å². The van der Waals surface area contributed by atoms with Crippen molar-refractivity contribution in [3.05, 3.63) is 29.3 Å². The lowest BCUT2D eigenvalue weighted by molar-refractivity contribution is -0.144. The summed E-state index contributed by atoms with van der Waals surface area (Å²) in [6.45, 7) is 1.80. The Hall–Kier alpha value is -1.65. The number of ether oxygens (including phenoxy) is 2. The normalized spacial score (nSPS) is 25.7. The van der Waals surface area contributed by atoms with E-state index in [4.69, 9.17) is 9.47 Å². The largest absolute Gasteiger partial charge is 0.494 e. The van der Waals surface area contributed by atoms with Gasteiger partial charge in [0.2, 0.25) is 0 Å². The van der Waals surface area contributed by atoms with Gasteiger partial charge in [-0.1, -0.05) is 6.92 Å². The molecule has 0 heterocycles. The highest BCUT2D eigenvalue weighted by Gasteiger charge is 2.61. The zero-order chi connectivity index (χ0) is 13.5. The van der Waals surface area contributed by atoms with Crippen molar-refractivity contribution in [1.29, 1.82) is 0 Å². The zero-order valence-electron chi connectivity index (χ0n) is 10.4. The first-order chi connectivity index (χ1) is 8.47. The molecule has 0 aromatic heterocycles. The molecular formula is C13H14F2O3. The third-order valence-electron chi connectivity index (χ3n) is 3.58. The van der Waals surface area contributed by atoms with Crippen LogP contribution in [0, 0.1) is 17.6 Å². The number of benzene rings is 1. The van der Waals surface area contributed by atoms with Crippen molar-refractivity contribution >= 4 is 5.97 Å². The molecule has 0 spiro atoms. The monoisotopic (exact) mass is 256 g/mol. The number of hydrogen-bond acceptors (Lipinski definition) is 3. The van der Waals surface area contributed by atoms with Crippen LogP contribution in [-0.2, 0) is 14.9 Å². The third kappa shape index (κ3) is 1.65. The van der Waals surface area contributed by atoms with Crippen LogP contribution in [-0.4, -0.2) is 20.2 Å². The molecule has 1 aliphatic rings. The van der Waals surface area contributed by atoms with Crippen molar-refractivity contribution < 1.29 is 23.0 Å².